The average molecular weight is 387 g/mol. The highest BCUT2D eigenvalue weighted by molar-refractivity contribution is 5.92. The molecule has 0 radical (unpaired) electrons. The van der Waals surface area contributed by atoms with E-state index < -0.39 is 0 Å². The molecule has 6 nitrogen and oxygen atoms in total. The molecule has 27 heavy (non-hydrogen) atoms. The van der Waals surface area contributed by atoms with E-state index in [1.807, 2.05) is 59.3 Å². The van der Waals surface area contributed by atoms with Crippen LogP contribution in [-0.2, 0) is 11.4 Å². The van der Waals surface area contributed by atoms with Crippen LogP contribution in [0.15, 0.2) is 54.9 Å². The maximum Gasteiger partial charge on any atom is 0.227 e. The topological polar surface area (TPSA) is 67.7 Å². The molecule has 4 rings (SSSR count). The van der Waals surface area contributed by atoms with E-state index in [1.54, 1.807) is 0 Å². The molecule has 0 saturated carbocycles. The number of carbonyl (C=O) groups is 1. The molecule has 1 saturated heterocycles. The molecule has 0 aliphatic carbocycles. The summed E-state index contributed by atoms with van der Waals surface area (Å²) in [6.45, 7) is 2.23. The van der Waals surface area contributed by atoms with E-state index in [2.05, 4.69) is 15.6 Å². The number of pyridine rings is 1. The zero-order chi connectivity index (χ0) is 17.8. The van der Waals surface area contributed by atoms with Crippen molar-refractivity contribution >= 4 is 29.6 Å². The van der Waals surface area contributed by atoms with E-state index >= 15 is 0 Å². The van der Waals surface area contributed by atoms with E-state index in [-0.39, 0.29) is 24.2 Å². The van der Waals surface area contributed by atoms with Crippen molar-refractivity contribution in [3.05, 3.63) is 60.6 Å². The Morgan fingerprint density at radius 1 is 1.19 bits per heavy atom. The summed E-state index contributed by atoms with van der Waals surface area (Å²) >= 11 is 0. The fourth-order valence-corrected chi connectivity index (χ4v) is 3.18. The number of imidazole rings is 1. The zero-order valence-corrected chi connectivity index (χ0v) is 15.7. The number of aromatic nitrogens is 2. The van der Waals surface area contributed by atoms with Crippen molar-refractivity contribution in [2.45, 2.75) is 19.4 Å². The number of anilines is 1. The molecule has 0 bridgehead atoms. The van der Waals surface area contributed by atoms with Crippen LogP contribution in [0.4, 0.5) is 5.69 Å². The first kappa shape index (κ1) is 19.2. The maximum atomic E-state index is 12.3. The highest BCUT2D eigenvalue weighted by Gasteiger charge is 2.20. The molecule has 1 aliphatic heterocycles. The SMILES string of the molecule is Cl.O=C(Nc1ccc(OCc2cn3ccccc3n2)cc1)C1CCNCC1. The van der Waals surface area contributed by atoms with Crippen molar-refractivity contribution < 1.29 is 9.53 Å². The fourth-order valence-electron chi connectivity index (χ4n) is 3.18. The molecule has 2 N–H and O–H groups in total. The number of ether oxygens (including phenoxy) is 1. The van der Waals surface area contributed by atoms with Gasteiger partial charge in [-0.15, -0.1) is 12.4 Å². The minimum Gasteiger partial charge on any atom is -0.487 e. The predicted molar refractivity (Wildman–Crippen MR) is 107 cm³/mol. The van der Waals surface area contributed by atoms with Crippen molar-refractivity contribution in [3.8, 4) is 5.75 Å². The third-order valence-corrected chi connectivity index (χ3v) is 4.63. The third-order valence-electron chi connectivity index (χ3n) is 4.63. The molecular formula is C20H23ClN4O2. The molecule has 0 spiro atoms. The molecule has 142 valence electrons. The van der Waals surface area contributed by atoms with Crippen LogP contribution in [0.3, 0.4) is 0 Å². The number of nitrogens with one attached hydrogen (secondary N) is 2. The Balaban J connectivity index is 0.00000210. The van der Waals surface area contributed by atoms with Crippen LogP contribution in [0.2, 0.25) is 0 Å². The Bertz CT molecular complexity index is 855. The second-order valence-electron chi connectivity index (χ2n) is 6.52. The minimum absolute atomic E-state index is 0. The molecule has 3 heterocycles. The Kier molecular flexibility index (Phi) is 6.32. The molecule has 1 fully saturated rings. The van der Waals surface area contributed by atoms with Crippen LogP contribution >= 0.6 is 12.4 Å². The van der Waals surface area contributed by atoms with E-state index in [0.29, 0.717) is 6.61 Å². The standard InChI is InChI=1S/C20H22N4O2.ClH/c25-20(15-8-10-21-11-9-15)23-16-4-6-18(7-5-16)26-14-17-13-24-12-2-1-3-19(24)22-17;/h1-7,12-13,15,21H,8-11,14H2,(H,23,25);1H. The first-order valence-corrected chi connectivity index (χ1v) is 8.95. The zero-order valence-electron chi connectivity index (χ0n) is 14.9. The monoisotopic (exact) mass is 386 g/mol. The first-order valence-electron chi connectivity index (χ1n) is 8.95. The predicted octanol–water partition coefficient (Wildman–Crippen LogP) is 3.27. The number of carbonyl (C=O) groups excluding carboxylic acids is 1. The highest BCUT2D eigenvalue weighted by Crippen LogP contribution is 2.19. The molecule has 7 heteroatoms. The van der Waals surface area contributed by atoms with Crippen molar-refractivity contribution in [1.29, 1.82) is 0 Å². The molecule has 1 aromatic carbocycles. The Hall–Kier alpha value is -2.57. The normalized spacial score (nSPS) is 14.5. The van der Waals surface area contributed by atoms with Gasteiger partial charge in [-0.1, -0.05) is 6.07 Å². The van der Waals surface area contributed by atoms with E-state index in [0.717, 1.165) is 48.7 Å². The fraction of sp³-hybridized carbons (Fsp3) is 0.300. The molecule has 3 aromatic rings. The van der Waals surface area contributed by atoms with Gasteiger partial charge in [0.25, 0.3) is 0 Å². The van der Waals surface area contributed by atoms with Crippen LogP contribution in [0, 0.1) is 5.92 Å². The van der Waals surface area contributed by atoms with Gasteiger partial charge < -0.3 is 19.8 Å². The van der Waals surface area contributed by atoms with Crippen molar-refractivity contribution in [2.24, 2.45) is 5.92 Å². The second kappa shape index (κ2) is 8.88. The lowest BCUT2D eigenvalue weighted by Gasteiger charge is -2.21. The van der Waals surface area contributed by atoms with Crippen LogP contribution < -0.4 is 15.4 Å². The van der Waals surface area contributed by atoms with Crippen molar-refractivity contribution in [1.82, 2.24) is 14.7 Å². The number of amides is 1. The number of benzene rings is 1. The van der Waals surface area contributed by atoms with Gasteiger partial charge in [-0.2, -0.15) is 0 Å². The number of halogens is 1. The average Bonchev–Trinajstić information content (AvgIpc) is 3.11. The number of nitrogens with zero attached hydrogens (tertiary/aromatic N) is 2. The molecule has 1 aliphatic rings. The van der Waals surface area contributed by atoms with Crippen molar-refractivity contribution in [3.63, 3.8) is 0 Å². The largest absolute Gasteiger partial charge is 0.487 e. The lowest BCUT2D eigenvalue weighted by Crippen LogP contribution is -2.34. The Morgan fingerprint density at radius 3 is 2.70 bits per heavy atom. The summed E-state index contributed by atoms with van der Waals surface area (Å²) in [5.41, 5.74) is 2.58. The number of hydrogen-bond donors (Lipinski definition) is 2. The smallest absolute Gasteiger partial charge is 0.227 e. The van der Waals surface area contributed by atoms with Gasteiger partial charge in [0.1, 0.15) is 18.0 Å². The van der Waals surface area contributed by atoms with Gasteiger partial charge in [0.2, 0.25) is 5.91 Å². The van der Waals surface area contributed by atoms with Gasteiger partial charge in [-0.25, -0.2) is 4.98 Å². The third kappa shape index (κ3) is 4.78. The summed E-state index contributed by atoms with van der Waals surface area (Å²) in [6.07, 6.45) is 5.72. The summed E-state index contributed by atoms with van der Waals surface area (Å²) < 4.78 is 7.77. The summed E-state index contributed by atoms with van der Waals surface area (Å²) in [4.78, 5) is 16.8. The van der Waals surface area contributed by atoms with Gasteiger partial charge in [0.15, 0.2) is 0 Å². The first-order chi connectivity index (χ1) is 12.8. The molecule has 0 unspecified atom stereocenters. The van der Waals surface area contributed by atoms with E-state index in [1.165, 1.54) is 0 Å². The quantitative estimate of drug-likeness (QED) is 0.706. The van der Waals surface area contributed by atoms with Gasteiger partial charge in [-0.05, 0) is 62.3 Å². The molecule has 0 atom stereocenters. The Labute approximate surface area is 164 Å². The maximum absolute atomic E-state index is 12.3. The Morgan fingerprint density at radius 2 is 1.96 bits per heavy atom. The molecular weight excluding hydrogens is 364 g/mol. The van der Waals surface area contributed by atoms with E-state index in [9.17, 15) is 4.79 Å². The molecule has 1 amide bonds. The van der Waals surface area contributed by atoms with Gasteiger partial charge in [0.05, 0.1) is 5.69 Å². The lowest BCUT2D eigenvalue weighted by molar-refractivity contribution is -0.120. The summed E-state index contributed by atoms with van der Waals surface area (Å²) in [5.74, 6) is 0.953. The number of fused-ring (bicyclic) bond motifs is 1. The number of hydrogen-bond acceptors (Lipinski definition) is 4. The van der Waals surface area contributed by atoms with Crippen LogP contribution in [0.1, 0.15) is 18.5 Å². The van der Waals surface area contributed by atoms with Crippen molar-refractivity contribution in [2.75, 3.05) is 18.4 Å². The van der Waals surface area contributed by atoms with E-state index in [4.69, 9.17) is 4.74 Å². The minimum atomic E-state index is 0. The van der Waals surface area contributed by atoms with Gasteiger partial charge in [0, 0.05) is 24.0 Å². The summed E-state index contributed by atoms with van der Waals surface area (Å²) in [7, 11) is 0. The van der Waals surface area contributed by atoms with Crippen LogP contribution in [0.5, 0.6) is 5.75 Å². The number of piperidine rings is 1. The molecule has 2 aromatic heterocycles. The van der Waals surface area contributed by atoms with Crippen LogP contribution in [-0.4, -0.2) is 28.4 Å². The number of rotatable bonds is 5. The van der Waals surface area contributed by atoms with Crippen LogP contribution in [0.25, 0.3) is 5.65 Å². The lowest BCUT2D eigenvalue weighted by atomic mass is 9.97. The van der Waals surface area contributed by atoms with Gasteiger partial charge in [-0.3, -0.25) is 4.79 Å². The highest BCUT2D eigenvalue weighted by atomic mass is 35.5. The summed E-state index contributed by atoms with van der Waals surface area (Å²) in [5, 5.41) is 6.27. The summed E-state index contributed by atoms with van der Waals surface area (Å²) in [6, 6.07) is 13.4. The van der Waals surface area contributed by atoms with Gasteiger partial charge >= 0.3 is 0 Å². The second-order valence-corrected chi connectivity index (χ2v) is 6.52.